The molecule has 1 aliphatic heterocycles. The van der Waals surface area contributed by atoms with Crippen molar-refractivity contribution in [1.29, 1.82) is 0 Å². The van der Waals surface area contributed by atoms with E-state index in [0.29, 0.717) is 0 Å². The van der Waals surface area contributed by atoms with E-state index >= 15 is 0 Å². The van der Waals surface area contributed by atoms with Crippen LogP contribution in [0, 0.1) is 0 Å². The molecular formula is C13H22N4. The third-order valence-corrected chi connectivity index (χ3v) is 3.41. The average molecular weight is 234 g/mol. The van der Waals surface area contributed by atoms with Gasteiger partial charge in [-0.2, -0.15) is 0 Å². The Balaban J connectivity index is 2.07. The maximum atomic E-state index is 4.48. The van der Waals surface area contributed by atoms with E-state index in [0.717, 1.165) is 31.1 Å². The Morgan fingerprint density at radius 2 is 2.06 bits per heavy atom. The van der Waals surface area contributed by atoms with E-state index < -0.39 is 0 Å². The van der Waals surface area contributed by atoms with Crippen LogP contribution in [0.5, 0.6) is 0 Å². The van der Waals surface area contributed by atoms with Gasteiger partial charge in [0, 0.05) is 36.6 Å². The van der Waals surface area contributed by atoms with Crippen molar-refractivity contribution in [3.05, 3.63) is 18.0 Å². The molecule has 2 rings (SSSR count). The fourth-order valence-corrected chi connectivity index (χ4v) is 2.33. The average Bonchev–Trinajstić information content (AvgIpc) is 2.67. The molecule has 2 heterocycles. The van der Waals surface area contributed by atoms with E-state index in [1.165, 1.54) is 12.8 Å². The topological polar surface area (TPSA) is 41.1 Å². The first-order valence-electron chi connectivity index (χ1n) is 6.43. The summed E-state index contributed by atoms with van der Waals surface area (Å²) in [6.45, 7) is 9.51. The Bertz CT molecular complexity index is 358. The SMILES string of the molecule is CCNCc1cnc(N2CCCC2(C)C)nc1. The van der Waals surface area contributed by atoms with Crippen LogP contribution in [-0.2, 0) is 6.54 Å². The molecule has 0 aliphatic carbocycles. The van der Waals surface area contributed by atoms with E-state index in [2.05, 4.69) is 41.0 Å². The lowest BCUT2D eigenvalue weighted by atomic mass is 10.0. The lowest BCUT2D eigenvalue weighted by molar-refractivity contribution is 0.509. The Morgan fingerprint density at radius 1 is 1.35 bits per heavy atom. The first-order chi connectivity index (χ1) is 8.13. The highest BCUT2D eigenvalue weighted by Gasteiger charge is 2.33. The molecule has 1 N–H and O–H groups in total. The summed E-state index contributed by atoms with van der Waals surface area (Å²) < 4.78 is 0. The van der Waals surface area contributed by atoms with Crippen LogP contribution in [0.2, 0.25) is 0 Å². The summed E-state index contributed by atoms with van der Waals surface area (Å²) in [5.41, 5.74) is 1.34. The van der Waals surface area contributed by atoms with Crippen LogP contribution in [0.25, 0.3) is 0 Å². The number of rotatable bonds is 4. The monoisotopic (exact) mass is 234 g/mol. The molecule has 0 aromatic carbocycles. The predicted octanol–water partition coefficient (Wildman–Crippen LogP) is 1.96. The van der Waals surface area contributed by atoms with Crippen molar-refractivity contribution in [2.24, 2.45) is 0 Å². The van der Waals surface area contributed by atoms with Gasteiger partial charge in [0.1, 0.15) is 0 Å². The molecule has 1 saturated heterocycles. The van der Waals surface area contributed by atoms with Crippen LogP contribution in [0.4, 0.5) is 5.95 Å². The van der Waals surface area contributed by atoms with Gasteiger partial charge in [-0.3, -0.25) is 0 Å². The van der Waals surface area contributed by atoms with Gasteiger partial charge in [0.25, 0.3) is 0 Å². The number of anilines is 1. The molecule has 0 saturated carbocycles. The van der Waals surface area contributed by atoms with Gasteiger partial charge in [-0.1, -0.05) is 6.92 Å². The maximum absolute atomic E-state index is 4.48. The Kier molecular flexibility index (Phi) is 3.62. The van der Waals surface area contributed by atoms with Crippen LogP contribution in [0.3, 0.4) is 0 Å². The number of aromatic nitrogens is 2. The molecular weight excluding hydrogens is 212 g/mol. The normalized spacial score (nSPS) is 18.6. The second-order valence-electron chi connectivity index (χ2n) is 5.24. The lowest BCUT2D eigenvalue weighted by Gasteiger charge is -2.31. The molecule has 4 heteroatoms. The molecule has 0 radical (unpaired) electrons. The van der Waals surface area contributed by atoms with E-state index in [1.54, 1.807) is 0 Å². The van der Waals surface area contributed by atoms with Gasteiger partial charge in [0.2, 0.25) is 5.95 Å². The van der Waals surface area contributed by atoms with E-state index in [4.69, 9.17) is 0 Å². The third-order valence-electron chi connectivity index (χ3n) is 3.41. The Morgan fingerprint density at radius 3 is 2.59 bits per heavy atom. The minimum atomic E-state index is 0.198. The fourth-order valence-electron chi connectivity index (χ4n) is 2.33. The van der Waals surface area contributed by atoms with Gasteiger partial charge in [-0.05, 0) is 33.2 Å². The van der Waals surface area contributed by atoms with Crippen LogP contribution in [0.1, 0.15) is 39.2 Å². The van der Waals surface area contributed by atoms with Crippen molar-refractivity contribution in [3.63, 3.8) is 0 Å². The minimum Gasteiger partial charge on any atom is -0.336 e. The van der Waals surface area contributed by atoms with E-state index in [9.17, 15) is 0 Å². The van der Waals surface area contributed by atoms with Crippen molar-refractivity contribution in [1.82, 2.24) is 15.3 Å². The Hall–Kier alpha value is -1.16. The predicted molar refractivity (Wildman–Crippen MR) is 70.1 cm³/mol. The molecule has 94 valence electrons. The molecule has 17 heavy (non-hydrogen) atoms. The number of hydrogen-bond acceptors (Lipinski definition) is 4. The zero-order valence-electron chi connectivity index (χ0n) is 11.0. The summed E-state index contributed by atoms with van der Waals surface area (Å²) in [4.78, 5) is 11.3. The second-order valence-corrected chi connectivity index (χ2v) is 5.24. The van der Waals surface area contributed by atoms with Crippen molar-refractivity contribution in [2.45, 2.75) is 45.7 Å². The van der Waals surface area contributed by atoms with Crippen LogP contribution in [0.15, 0.2) is 12.4 Å². The van der Waals surface area contributed by atoms with Crippen molar-refractivity contribution < 1.29 is 0 Å². The van der Waals surface area contributed by atoms with Gasteiger partial charge in [0.05, 0.1) is 0 Å². The van der Waals surface area contributed by atoms with Crippen LogP contribution in [-0.4, -0.2) is 28.6 Å². The molecule has 1 fully saturated rings. The summed E-state index contributed by atoms with van der Waals surface area (Å²) >= 11 is 0. The Labute approximate surface area is 103 Å². The van der Waals surface area contributed by atoms with Gasteiger partial charge in [-0.25, -0.2) is 9.97 Å². The third kappa shape index (κ3) is 2.75. The minimum absolute atomic E-state index is 0.198. The first-order valence-corrected chi connectivity index (χ1v) is 6.43. The van der Waals surface area contributed by atoms with Crippen LogP contribution < -0.4 is 10.2 Å². The highest BCUT2D eigenvalue weighted by atomic mass is 15.3. The highest BCUT2D eigenvalue weighted by molar-refractivity contribution is 5.36. The van der Waals surface area contributed by atoms with Gasteiger partial charge in [-0.15, -0.1) is 0 Å². The quantitative estimate of drug-likeness (QED) is 0.864. The molecule has 4 nitrogen and oxygen atoms in total. The van der Waals surface area contributed by atoms with Crippen molar-refractivity contribution in [3.8, 4) is 0 Å². The largest absolute Gasteiger partial charge is 0.336 e. The second kappa shape index (κ2) is 5.00. The number of hydrogen-bond donors (Lipinski definition) is 1. The van der Waals surface area contributed by atoms with Crippen molar-refractivity contribution >= 4 is 5.95 Å². The zero-order chi connectivity index (χ0) is 12.3. The fraction of sp³-hybridized carbons (Fsp3) is 0.692. The van der Waals surface area contributed by atoms with Gasteiger partial charge < -0.3 is 10.2 Å². The van der Waals surface area contributed by atoms with Crippen molar-refractivity contribution in [2.75, 3.05) is 18.0 Å². The first kappa shape index (κ1) is 12.3. The standard InChI is InChI=1S/C13H22N4/c1-4-14-8-11-9-15-12(16-10-11)17-7-5-6-13(17,2)3/h9-10,14H,4-8H2,1-3H3. The summed E-state index contributed by atoms with van der Waals surface area (Å²) in [6, 6.07) is 0. The maximum Gasteiger partial charge on any atom is 0.225 e. The van der Waals surface area contributed by atoms with Crippen LogP contribution >= 0.6 is 0 Å². The highest BCUT2D eigenvalue weighted by Crippen LogP contribution is 2.30. The molecule has 0 spiro atoms. The number of nitrogens with one attached hydrogen (secondary N) is 1. The molecule has 0 amide bonds. The molecule has 0 atom stereocenters. The summed E-state index contributed by atoms with van der Waals surface area (Å²) in [5, 5.41) is 3.28. The van der Waals surface area contributed by atoms with E-state index in [-0.39, 0.29) is 5.54 Å². The van der Waals surface area contributed by atoms with E-state index in [1.807, 2.05) is 12.4 Å². The molecule has 1 aliphatic rings. The van der Waals surface area contributed by atoms with Gasteiger partial charge >= 0.3 is 0 Å². The summed E-state index contributed by atoms with van der Waals surface area (Å²) in [5.74, 6) is 0.868. The summed E-state index contributed by atoms with van der Waals surface area (Å²) in [7, 11) is 0. The smallest absolute Gasteiger partial charge is 0.225 e. The lowest BCUT2D eigenvalue weighted by Crippen LogP contribution is -2.39. The molecule has 1 aromatic rings. The zero-order valence-corrected chi connectivity index (χ0v) is 11.0. The molecule has 1 aromatic heterocycles. The summed E-state index contributed by atoms with van der Waals surface area (Å²) in [6.07, 6.45) is 6.31. The molecule has 0 bridgehead atoms. The molecule has 0 unspecified atom stereocenters. The number of nitrogens with zero attached hydrogens (tertiary/aromatic N) is 3. The van der Waals surface area contributed by atoms with Gasteiger partial charge in [0.15, 0.2) is 0 Å².